The van der Waals surface area contributed by atoms with Crippen LogP contribution in [-0.2, 0) is 6.42 Å². The molecule has 5 nitrogen and oxygen atoms in total. The van der Waals surface area contributed by atoms with Crippen LogP contribution in [0.1, 0.15) is 16.5 Å². The first-order valence-corrected chi connectivity index (χ1v) is 6.99. The summed E-state index contributed by atoms with van der Waals surface area (Å²) in [7, 11) is 0. The van der Waals surface area contributed by atoms with Crippen molar-refractivity contribution in [3.8, 4) is 10.8 Å². The summed E-state index contributed by atoms with van der Waals surface area (Å²) < 4.78 is 5.21. The summed E-state index contributed by atoms with van der Waals surface area (Å²) in [5.74, 6) is 1.15. The van der Waals surface area contributed by atoms with Crippen LogP contribution in [0.5, 0.6) is 0 Å². The van der Waals surface area contributed by atoms with E-state index in [-0.39, 0.29) is 0 Å². The molecule has 3 heterocycles. The Morgan fingerprint density at radius 3 is 2.89 bits per heavy atom. The van der Waals surface area contributed by atoms with Gasteiger partial charge in [0, 0.05) is 5.38 Å². The van der Waals surface area contributed by atoms with Gasteiger partial charge in [0.25, 0.3) is 5.89 Å². The number of hydrogen-bond donors (Lipinski definition) is 1. The van der Waals surface area contributed by atoms with E-state index in [9.17, 15) is 0 Å². The molecule has 0 aliphatic heterocycles. The molecule has 2 N–H and O–H groups in total. The van der Waals surface area contributed by atoms with Crippen LogP contribution in [0.4, 0.5) is 5.00 Å². The number of nitrogens with two attached hydrogens (primary N) is 1. The van der Waals surface area contributed by atoms with E-state index in [0.29, 0.717) is 18.1 Å². The molecule has 0 saturated carbocycles. The van der Waals surface area contributed by atoms with Crippen molar-refractivity contribution in [2.75, 3.05) is 5.73 Å². The lowest BCUT2D eigenvalue weighted by molar-refractivity contribution is 0.424. The average Bonchev–Trinajstić information content (AvgIpc) is 3.01. The largest absolute Gasteiger partial charge is 0.391 e. The Labute approximate surface area is 111 Å². The van der Waals surface area contributed by atoms with Gasteiger partial charge in [0.1, 0.15) is 0 Å². The van der Waals surface area contributed by atoms with Gasteiger partial charge in [-0.2, -0.15) is 4.98 Å². The Hall–Kier alpha value is -1.73. The Morgan fingerprint density at radius 2 is 2.22 bits per heavy atom. The molecule has 0 amide bonds. The molecule has 0 aliphatic rings. The fourth-order valence-corrected chi connectivity index (χ4v) is 2.85. The lowest BCUT2D eigenvalue weighted by Crippen LogP contribution is -1.90. The van der Waals surface area contributed by atoms with E-state index in [2.05, 4.69) is 15.1 Å². The summed E-state index contributed by atoms with van der Waals surface area (Å²) in [5, 5.41) is 7.74. The Kier molecular flexibility index (Phi) is 2.85. The maximum atomic E-state index is 5.67. The standard InChI is InChI=1S/C11H10N4OS2/c1-6-13-7(5-17-6)4-10-14-11(16-15-10)8-2-3-9(12)18-8/h2-3,5H,4,12H2,1H3. The topological polar surface area (TPSA) is 77.8 Å². The molecule has 3 aromatic rings. The predicted octanol–water partition coefficient (Wildman–Crippen LogP) is 2.74. The first kappa shape index (κ1) is 11.4. The summed E-state index contributed by atoms with van der Waals surface area (Å²) >= 11 is 3.05. The normalized spacial score (nSPS) is 10.9. The highest BCUT2D eigenvalue weighted by atomic mass is 32.1. The highest BCUT2D eigenvalue weighted by Gasteiger charge is 2.12. The van der Waals surface area contributed by atoms with E-state index in [1.165, 1.54) is 11.3 Å². The molecule has 3 rings (SSSR count). The minimum atomic E-state index is 0.513. The maximum Gasteiger partial charge on any atom is 0.268 e. The quantitative estimate of drug-likeness (QED) is 0.797. The van der Waals surface area contributed by atoms with Crippen molar-refractivity contribution in [3.63, 3.8) is 0 Å². The van der Waals surface area contributed by atoms with Gasteiger partial charge >= 0.3 is 0 Å². The SMILES string of the molecule is Cc1nc(Cc2noc(-c3ccc(N)s3)n2)cs1. The van der Waals surface area contributed by atoms with Crippen LogP contribution in [0.25, 0.3) is 10.8 Å². The molecule has 0 fully saturated rings. The lowest BCUT2D eigenvalue weighted by atomic mass is 10.3. The van der Waals surface area contributed by atoms with Gasteiger partial charge in [0.05, 0.1) is 27.0 Å². The minimum absolute atomic E-state index is 0.513. The Morgan fingerprint density at radius 1 is 1.33 bits per heavy atom. The van der Waals surface area contributed by atoms with Crippen LogP contribution in [0.3, 0.4) is 0 Å². The molecule has 0 spiro atoms. The van der Waals surface area contributed by atoms with Crippen LogP contribution < -0.4 is 5.73 Å². The smallest absolute Gasteiger partial charge is 0.268 e. The van der Waals surface area contributed by atoms with Gasteiger partial charge in [0.2, 0.25) is 0 Å². The molecule has 0 radical (unpaired) electrons. The van der Waals surface area contributed by atoms with Gasteiger partial charge in [-0.1, -0.05) is 5.16 Å². The highest BCUT2D eigenvalue weighted by molar-refractivity contribution is 7.19. The van der Waals surface area contributed by atoms with E-state index >= 15 is 0 Å². The van der Waals surface area contributed by atoms with Gasteiger partial charge in [-0.25, -0.2) is 4.98 Å². The van der Waals surface area contributed by atoms with Crippen LogP contribution >= 0.6 is 22.7 Å². The number of rotatable bonds is 3. The van der Waals surface area contributed by atoms with E-state index in [4.69, 9.17) is 10.3 Å². The number of nitrogens with zero attached hydrogens (tertiary/aromatic N) is 3. The number of thiazole rings is 1. The monoisotopic (exact) mass is 278 g/mol. The number of aromatic nitrogens is 3. The molecule has 3 aromatic heterocycles. The van der Waals surface area contributed by atoms with Crippen molar-refractivity contribution in [1.29, 1.82) is 0 Å². The number of thiophene rings is 1. The molecule has 0 saturated heterocycles. The zero-order chi connectivity index (χ0) is 12.5. The van der Waals surface area contributed by atoms with E-state index < -0.39 is 0 Å². The highest BCUT2D eigenvalue weighted by Crippen LogP contribution is 2.28. The summed E-state index contributed by atoms with van der Waals surface area (Å²) in [5.41, 5.74) is 6.64. The summed E-state index contributed by atoms with van der Waals surface area (Å²) in [6, 6.07) is 3.71. The van der Waals surface area contributed by atoms with Crippen molar-refractivity contribution >= 4 is 27.7 Å². The first-order valence-electron chi connectivity index (χ1n) is 5.30. The fraction of sp³-hybridized carbons (Fsp3) is 0.182. The third kappa shape index (κ3) is 2.27. The third-order valence-corrected chi connectivity index (χ3v) is 4.04. The molecule has 0 atom stereocenters. The van der Waals surface area contributed by atoms with Crippen molar-refractivity contribution in [2.45, 2.75) is 13.3 Å². The zero-order valence-corrected chi connectivity index (χ0v) is 11.2. The van der Waals surface area contributed by atoms with Gasteiger partial charge in [-0.3, -0.25) is 0 Å². The third-order valence-electron chi connectivity index (χ3n) is 2.31. The minimum Gasteiger partial charge on any atom is -0.391 e. The molecule has 92 valence electrons. The zero-order valence-electron chi connectivity index (χ0n) is 9.58. The maximum absolute atomic E-state index is 5.67. The van der Waals surface area contributed by atoms with Crippen molar-refractivity contribution in [2.24, 2.45) is 0 Å². The number of hydrogen-bond acceptors (Lipinski definition) is 7. The molecule has 0 aliphatic carbocycles. The second-order valence-corrected chi connectivity index (χ2v) is 5.93. The molecule has 18 heavy (non-hydrogen) atoms. The molecular weight excluding hydrogens is 268 g/mol. The van der Waals surface area contributed by atoms with Crippen molar-refractivity contribution in [1.82, 2.24) is 15.1 Å². The van der Waals surface area contributed by atoms with Gasteiger partial charge in [-0.05, 0) is 19.1 Å². The molecule has 7 heteroatoms. The van der Waals surface area contributed by atoms with E-state index in [1.807, 2.05) is 24.4 Å². The van der Waals surface area contributed by atoms with Crippen LogP contribution in [0.2, 0.25) is 0 Å². The average molecular weight is 278 g/mol. The van der Waals surface area contributed by atoms with Gasteiger partial charge in [-0.15, -0.1) is 22.7 Å². The summed E-state index contributed by atoms with van der Waals surface area (Å²) in [4.78, 5) is 9.60. The first-order chi connectivity index (χ1) is 8.70. The summed E-state index contributed by atoms with van der Waals surface area (Å²) in [6.45, 7) is 1.98. The van der Waals surface area contributed by atoms with Gasteiger partial charge in [0.15, 0.2) is 5.82 Å². The number of nitrogen functional groups attached to an aromatic ring is 1. The summed E-state index contributed by atoms with van der Waals surface area (Å²) in [6.07, 6.45) is 0.592. The number of anilines is 1. The molecule has 0 unspecified atom stereocenters. The van der Waals surface area contributed by atoms with Gasteiger partial charge < -0.3 is 10.3 Å². The van der Waals surface area contributed by atoms with Crippen LogP contribution in [0, 0.1) is 6.92 Å². The molecular formula is C11H10N4OS2. The molecule has 0 aromatic carbocycles. The van der Waals surface area contributed by atoms with Crippen LogP contribution in [-0.4, -0.2) is 15.1 Å². The lowest BCUT2D eigenvalue weighted by Gasteiger charge is -1.87. The predicted molar refractivity (Wildman–Crippen MR) is 71.7 cm³/mol. The second kappa shape index (κ2) is 4.51. The fourth-order valence-electron chi connectivity index (χ4n) is 1.55. The number of aryl methyl sites for hydroxylation is 1. The Balaban J connectivity index is 1.81. The van der Waals surface area contributed by atoms with E-state index in [1.54, 1.807) is 11.3 Å². The second-order valence-electron chi connectivity index (χ2n) is 3.75. The van der Waals surface area contributed by atoms with E-state index in [0.717, 1.165) is 20.6 Å². The van der Waals surface area contributed by atoms with Crippen molar-refractivity contribution < 1.29 is 4.52 Å². The molecule has 0 bridgehead atoms. The van der Waals surface area contributed by atoms with Crippen LogP contribution in [0.15, 0.2) is 22.0 Å². The Bertz CT molecular complexity index is 670. The van der Waals surface area contributed by atoms with Crippen molar-refractivity contribution in [3.05, 3.63) is 34.0 Å².